The van der Waals surface area contributed by atoms with Crippen LogP contribution < -0.4 is 5.56 Å². The molecule has 6 heteroatoms. The van der Waals surface area contributed by atoms with Crippen LogP contribution in [-0.4, -0.2) is 26.4 Å². The molecule has 0 amide bonds. The minimum absolute atomic E-state index is 0.00115. The number of pyridine rings is 1. The van der Waals surface area contributed by atoms with Gasteiger partial charge in [0.25, 0.3) is 5.56 Å². The molecule has 1 saturated heterocycles. The summed E-state index contributed by atoms with van der Waals surface area (Å²) in [7, 11) is 0. The lowest BCUT2D eigenvalue weighted by Crippen LogP contribution is -2.34. The van der Waals surface area contributed by atoms with E-state index in [1.165, 1.54) is 6.07 Å². The molecule has 1 fully saturated rings. The van der Waals surface area contributed by atoms with Crippen LogP contribution in [0.4, 0.5) is 4.39 Å². The van der Waals surface area contributed by atoms with Crippen molar-refractivity contribution in [3.05, 3.63) is 82.3 Å². The van der Waals surface area contributed by atoms with Gasteiger partial charge in [-0.15, -0.1) is 0 Å². The fraction of sp³-hybridized carbons (Fsp3) is 0.286. The Morgan fingerprint density at radius 3 is 2.78 bits per heavy atom. The quantitative estimate of drug-likeness (QED) is 0.767. The highest BCUT2D eigenvalue weighted by molar-refractivity contribution is 5.53. The number of nitrogens with zero attached hydrogens (tertiary/aromatic N) is 3. The molecule has 1 aliphatic rings. The van der Waals surface area contributed by atoms with E-state index in [2.05, 4.69) is 14.9 Å². The monoisotopic (exact) mass is 364 g/mol. The predicted molar refractivity (Wildman–Crippen MR) is 101 cm³/mol. The summed E-state index contributed by atoms with van der Waals surface area (Å²) in [6.07, 6.45) is 6.38. The summed E-state index contributed by atoms with van der Waals surface area (Å²) < 4.78 is 14.1. The van der Waals surface area contributed by atoms with Crippen molar-refractivity contribution in [2.75, 3.05) is 6.54 Å². The van der Waals surface area contributed by atoms with E-state index in [1.807, 2.05) is 24.3 Å². The third-order valence-corrected chi connectivity index (χ3v) is 5.00. The first-order valence-electron chi connectivity index (χ1n) is 9.20. The van der Waals surface area contributed by atoms with Crippen molar-refractivity contribution in [1.29, 1.82) is 0 Å². The number of halogens is 1. The summed E-state index contributed by atoms with van der Waals surface area (Å²) in [6.45, 7) is 1.37. The van der Waals surface area contributed by atoms with Crippen LogP contribution in [0.3, 0.4) is 0 Å². The number of aromatic nitrogens is 3. The molecule has 3 heterocycles. The Kier molecular flexibility index (Phi) is 5.07. The Morgan fingerprint density at radius 1 is 1.15 bits per heavy atom. The largest absolute Gasteiger partial charge is 0.307 e. The molecule has 4 rings (SSSR count). The Morgan fingerprint density at radius 2 is 1.96 bits per heavy atom. The number of nitrogens with one attached hydrogen (secondary N) is 1. The van der Waals surface area contributed by atoms with Gasteiger partial charge in [-0.1, -0.05) is 24.6 Å². The van der Waals surface area contributed by atoms with Crippen molar-refractivity contribution in [1.82, 2.24) is 19.9 Å². The van der Waals surface area contributed by atoms with E-state index in [0.717, 1.165) is 37.1 Å². The molecular weight excluding hydrogens is 343 g/mol. The minimum atomic E-state index is -0.196. The van der Waals surface area contributed by atoms with Gasteiger partial charge < -0.3 is 4.98 Å². The Balaban J connectivity index is 1.67. The number of H-pyrrole nitrogens is 1. The maximum Gasteiger partial charge on any atom is 0.251 e. The lowest BCUT2D eigenvalue weighted by molar-refractivity contribution is 0.135. The molecule has 1 aromatic carbocycles. The average molecular weight is 364 g/mol. The van der Waals surface area contributed by atoms with E-state index < -0.39 is 0 Å². The van der Waals surface area contributed by atoms with Crippen LogP contribution in [-0.2, 0) is 6.54 Å². The molecule has 0 aliphatic carbocycles. The SMILES string of the molecule is O=c1cc(C2CCCCN2Cc2ccccc2F)nc(-c2ccncc2)[nH]1. The zero-order valence-electron chi connectivity index (χ0n) is 14.9. The number of benzene rings is 1. The van der Waals surface area contributed by atoms with E-state index in [-0.39, 0.29) is 17.4 Å². The van der Waals surface area contributed by atoms with Crippen molar-refractivity contribution >= 4 is 0 Å². The summed E-state index contributed by atoms with van der Waals surface area (Å²) in [5.74, 6) is 0.342. The normalized spacial score (nSPS) is 17.7. The third-order valence-electron chi connectivity index (χ3n) is 5.00. The lowest BCUT2D eigenvalue weighted by Gasteiger charge is -2.35. The van der Waals surface area contributed by atoms with Crippen LogP contribution in [0.25, 0.3) is 11.4 Å². The van der Waals surface area contributed by atoms with E-state index in [9.17, 15) is 9.18 Å². The minimum Gasteiger partial charge on any atom is -0.307 e. The summed E-state index contributed by atoms with van der Waals surface area (Å²) in [4.78, 5) is 26.0. The molecule has 1 unspecified atom stereocenters. The highest BCUT2D eigenvalue weighted by Crippen LogP contribution is 2.31. The first-order chi connectivity index (χ1) is 13.2. The van der Waals surface area contributed by atoms with E-state index >= 15 is 0 Å². The third kappa shape index (κ3) is 3.95. The van der Waals surface area contributed by atoms with Gasteiger partial charge in [-0.3, -0.25) is 14.7 Å². The fourth-order valence-electron chi connectivity index (χ4n) is 3.65. The number of likely N-dealkylation sites (tertiary alicyclic amines) is 1. The number of aromatic amines is 1. The average Bonchev–Trinajstić information content (AvgIpc) is 2.70. The molecular formula is C21H21FN4O. The number of piperidine rings is 1. The molecule has 27 heavy (non-hydrogen) atoms. The highest BCUT2D eigenvalue weighted by atomic mass is 19.1. The molecule has 0 spiro atoms. The van der Waals surface area contributed by atoms with Crippen molar-refractivity contribution in [3.8, 4) is 11.4 Å². The Labute approximate surface area is 156 Å². The maximum absolute atomic E-state index is 14.1. The van der Waals surface area contributed by atoms with Crippen LogP contribution in [0, 0.1) is 5.82 Å². The highest BCUT2D eigenvalue weighted by Gasteiger charge is 2.26. The Hall–Kier alpha value is -2.86. The molecule has 1 aliphatic heterocycles. The van der Waals surface area contributed by atoms with E-state index in [1.54, 1.807) is 24.5 Å². The molecule has 0 bridgehead atoms. The zero-order valence-corrected chi connectivity index (χ0v) is 14.9. The van der Waals surface area contributed by atoms with E-state index in [0.29, 0.717) is 17.9 Å². The summed E-state index contributed by atoms with van der Waals surface area (Å²) in [5.41, 5.74) is 2.05. The molecule has 0 saturated carbocycles. The van der Waals surface area contributed by atoms with Gasteiger partial charge in [0.05, 0.1) is 11.7 Å². The van der Waals surface area contributed by atoms with Crippen LogP contribution in [0.2, 0.25) is 0 Å². The van der Waals surface area contributed by atoms with Crippen molar-refractivity contribution in [2.24, 2.45) is 0 Å². The second-order valence-corrected chi connectivity index (χ2v) is 6.83. The Bertz CT molecular complexity index is 973. The van der Waals surface area contributed by atoms with Crippen molar-refractivity contribution < 1.29 is 4.39 Å². The van der Waals surface area contributed by atoms with Gasteiger partial charge in [-0.2, -0.15) is 0 Å². The fourth-order valence-corrected chi connectivity index (χ4v) is 3.65. The molecule has 5 nitrogen and oxygen atoms in total. The summed E-state index contributed by atoms with van der Waals surface area (Å²) in [5, 5.41) is 0. The van der Waals surface area contributed by atoms with Crippen molar-refractivity contribution in [2.45, 2.75) is 31.8 Å². The van der Waals surface area contributed by atoms with Gasteiger partial charge in [0.2, 0.25) is 0 Å². The maximum atomic E-state index is 14.1. The molecule has 3 aromatic rings. The van der Waals surface area contributed by atoms with Crippen LogP contribution >= 0.6 is 0 Å². The van der Waals surface area contributed by atoms with Crippen LogP contribution in [0.15, 0.2) is 59.7 Å². The van der Waals surface area contributed by atoms with Gasteiger partial charge in [0.1, 0.15) is 11.6 Å². The lowest BCUT2D eigenvalue weighted by atomic mass is 9.98. The van der Waals surface area contributed by atoms with Gasteiger partial charge >= 0.3 is 0 Å². The molecule has 2 aromatic heterocycles. The second kappa shape index (κ2) is 7.80. The number of hydrogen-bond acceptors (Lipinski definition) is 4. The summed E-state index contributed by atoms with van der Waals surface area (Å²) in [6, 6.07) is 12.1. The smallest absolute Gasteiger partial charge is 0.251 e. The number of hydrogen-bond donors (Lipinski definition) is 1. The van der Waals surface area contributed by atoms with E-state index in [4.69, 9.17) is 4.98 Å². The second-order valence-electron chi connectivity index (χ2n) is 6.83. The summed E-state index contributed by atoms with van der Waals surface area (Å²) >= 11 is 0. The molecule has 138 valence electrons. The molecule has 1 atom stereocenters. The van der Waals surface area contributed by atoms with Gasteiger partial charge in [0.15, 0.2) is 0 Å². The van der Waals surface area contributed by atoms with Crippen molar-refractivity contribution in [3.63, 3.8) is 0 Å². The topological polar surface area (TPSA) is 61.9 Å². The predicted octanol–water partition coefficient (Wildman–Crippen LogP) is 3.70. The van der Waals surface area contributed by atoms with Crippen LogP contribution in [0.5, 0.6) is 0 Å². The number of rotatable bonds is 4. The first kappa shape index (κ1) is 17.5. The standard InChI is InChI=1S/C21H21FN4O/c22-17-6-2-1-5-16(17)14-26-12-4-3-7-19(26)18-13-20(27)25-21(24-18)15-8-10-23-11-9-15/h1-2,5-6,8-11,13,19H,3-4,7,12,14H2,(H,24,25,27). The first-order valence-corrected chi connectivity index (χ1v) is 9.20. The van der Waals surface area contributed by atoms with Gasteiger partial charge in [0, 0.05) is 36.1 Å². The molecule has 0 radical (unpaired) electrons. The zero-order chi connectivity index (χ0) is 18.6. The van der Waals surface area contributed by atoms with Crippen LogP contribution in [0.1, 0.15) is 36.6 Å². The molecule has 1 N–H and O–H groups in total. The van der Waals surface area contributed by atoms with Gasteiger partial charge in [-0.25, -0.2) is 9.37 Å². The van der Waals surface area contributed by atoms with Gasteiger partial charge in [-0.05, 0) is 37.6 Å².